The van der Waals surface area contributed by atoms with E-state index in [4.69, 9.17) is 9.47 Å². The molecule has 0 unspecified atom stereocenters. The van der Waals surface area contributed by atoms with Crippen molar-refractivity contribution in [1.82, 2.24) is 10.6 Å². The Kier molecular flexibility index (Phi) is 22.5. The van der Waals surface area contributed by atoms with E-state index in [9.17, 15) is 19.2 Å². The summed E-state index contributed by atoms with van der Waals surface area (Å²) in [5.74, 6) is -0.696. The maximum atomic E-state index is 12.3. The van der Waals surface area contributed by atoms with Gasteiger partial charge in [0.05, 0.1) is 14.2 Å². The van der Waals surface area contributed by atoms with E-state index in [-0.39, 0.29) is 48.1 Å². The highest BCUT2D eigenvalue weighted by Crippen LogP contribution is 2.24. The quantitative estimate of drug-likeness (QED) is 0.0861. The fourth-order valence-corrected chi connectivity index (χ4v) is 5.08. The molecule has 14 heteroatoms. The van der Waals surface area contributed by atoms with Crippen LogP contribution in [-0.4, -0.2) is 73.6 Å². The molecule has 4 atom stereocenters. The molecule has 0 rings (SSSR count). The molecular formula is C20H40Cl2N4O6S2. The number of ether oxygens (including phenoxy) is 2. The Balaban J connectivity index is -0.00000480. The summed E-state index contributed by atoms with van der Waals surface area (Å²) in [6, 6.07) is -2.63. The minimum absolute atomic E-state index is 0. The Morgan fingerprint density at radius 2 is 1.00 bits per heavy atom. The smallest absolute Gasteiger partial charge is 0.329 e. The number of carbonyl (C=O) groups is 4. The van der Waals surface area contributed by atoms with E-state index in [0.717, 1.165) is 0 Å². The lowest BCUT2D eigenvalue weighted by Crippen LogP contribution is -3.00. The Hall–Kier alpha value is -0.920. The van der Waals surface area contributed by atoms with Crippen LogP contribution < -0.4 is 46.9 Å². The van der Waals surface area contributed by atoms with Crippen LogP contribution in [0.1, 0.15) is 40.5 Å². The molecule has 0 heterocycles. The van der Waals surface area contributed by atoms with E-state index in [1.165, 1.54) is 35.8 Å². The van der Waals surface area contributed by atoms with E-state index in [0.29, 0.717) is 24.7 Å². The van der Waals surface area contributed by atoms with Crippen molar-refractivity contribution in [3.8, 4) is 0 Å². The number of methoxy groups -OCH3 is 2. The van der Waals surface area contributed by atoms with Gasteiger partial charge in [-0.3, -0.25) is 9.59 Å². The zero-order chi connectivity index (χ0) is 24.8. The molecule has 0 saturated heterocycles. The van der Waals surface area contributed by atoms with Gasteiger partial charge in [-0.2, -0.15) is 0 Å². The molecule has 0 aromatic heterocycles. The van der Waals surface area contributed by atoms with Crippen molar-refractivity contribution >= 4 is 45.3 Å². The topological polar surface area (TPSA) is 166 Å². The molecule has 0 spiro atoms. The first-order valence-corrected chi connectivity index (χ1v) is 13.1. The van der Waals surface area contributed by atoms with Gasteiger partial charge < -0.3 is 56.4 Å². The predicted octanol–water partition coefficient (Wildman–Crippen LogP) is -7.00. The summed E-state index contributed by atoms with van der Waals surface area (Å²) in [5.41, 5.74) is 7.70. The van der Waals surface area contributed by atoms with Gasteiger partial charge in [-0.1, -0.05) is 49.3 Å². The van der Waals surface area contributed by atoms with Gasteiger partial charge in [0.1, 0.15) is 12.1 Å². The molecule has 202 valence electrons. The molecular weight excluding hydrogens is 527 g/mol. The van der Waals surface area contributed by atoms with Crippen molar-refractivity contribution in [3.05, 3.63) is 0 Å². The Morgan fingerprint density at radius 3 is 1.24 bits per heavy atom. The number of halogens is 2. The largest absolute Gasteiger partial charge is 1.00 e. The van der Waals surface area contributed by atoms with Crippen LogP contribution in [0.3, 0.4) is 0 Å². The minimum Gasteiger partial charge on any atom is -1.00 e. The van der Waals surface area contributed by atoms with Crippen LogP contribution in [-0.2, 0) is 28.7 Å². The lowest BCUT2D eigenvalue weighted by atomic mass is 10.0. The highest BCUT2D eigenvalue weighted by Gasteiger charge is 2.29. The monoisotopic (exact) mass is 566 g/mol. The standard InChI is InChI=1S/C20H38N4O6S2.2ClH/c1-11(2)7-13(21)17(25)23-15(19(27)29-5)9-31-32-10-16(20(28)30-6)24-18(26)14(22)8-12(3)4;;/h11-16H,7-10,21-22H2,1-6H3,(H,23,25)(H,24,26);2*1H/t13-,14-,15-,16-;;/m0../s1. The van der Waals surface area contributed by atoms with Crippen LogP contribution in [0.5, 0.6) is 0 Å². The van der Waals surface area contributed by atoms with E-state index in [1.54, 1.807) is 0 Å². The SMILES string of the molecule is COC(=O)[C@H](CSSC[C@H](NC(=O)[C@@H]([NH3+])CC(C)C)C(=O)OC)NC(=O)[C@@H]([NH3+])CC(C)C.[Cl-].[Cl-]. The first-order chi connectivity index (χ1) is 14.9. The van der Waals surface area contributed by atoms with E-state index >= 15 is 0 Å². The maximum Gasteiger partial charge on any atom is 0.329 e. The molecule has 0 aliphatic rings. The van der Waals surface area contributed by atoms with Crippen molar-refractivity contribution in [2.75, 3.05) is 25.7 Å². The zero-order valence-corrected chi connectivity index (χ0v) is 23.9. The molecule has 0 radical (unpaired) electrons. The summed E-state index contributed by atoms with van der Waals surface area (Å²) < 4.78 is 9.57. The Morgan fingerprint density at radius 1 is 0.706 bits per heavy atom. The third-order valence-electron chi connectivity index (χ3n) is 4.41. The lowest BCUT2D eigenvalue weighted by molar-refractivity contribution is -0.407. The number of esters is 2. The number of hydrogen-bond donors (Lipinski definition) is 4. The number of nitrogens with one attached hydrogen (secondary N) is 2. The van der Waals surface area contributed by atoms with Crippen LogP contribution in [0.4, 0.5) is 0 Å². The molecule has 0 aliphatic heterocycles. The van der Waals surface area contributed by atoms with E-state index < -0.39 is 36.1 Å². The molecule has 2 amide bonds. The second-order valence-electron chi connectivity index (χ2n) is 8.39. The van der Waals surface area contributed by atoms with Gasteiger partial charge in [0, 0.05) is 24.3 Å². The van der Waals surface area contributed by atoms with E-state index in [2.05, 4.69) is 22.1 Å². The highest BCUT2D eigenvalue weighted by molar-refractivity contribution is 8.76. The fraction of sp³-hybridized carbons (Fsp3) is 0.800. The number of hydrogen-bond acceptors (Lipinski definition) is 8. The van der Waals surface area contributed by atoms with Crippen molar-refractivity contribution in [1.29, 1.82) is 0 Å². The van der Waals surface area contributed by atoms with Crippen LogP contribution in [0.2, 0.25) is 0 Å². The molecule has 0 aliphatic carbocycles. The molecule has 0 fully saturated rings. The Bertz CT molecular complexity index is 580. The van der Waals surface area contributed by atoms with Gasteiger partial charge in [0.15, 0.2) is 12.1 Å². The molecule has 34 heavy (non-hydrogen) atoms. The Labute approximate surface area is 222 Å². The number of quaternary nitrogens is 2. The highest BCUT2D eigenvalue weighted by atomic mass is 35.5. The second kappa shape index (κ2) is 20.3. The van der Waals surface area contributed by atoms with Crippen molar-refractivity contribution in [2.45, 2.75) is 64.7 Å². The summed E-state index contributed by atoms with van der Waals surface area (Å²) in [4.78, 5) is 48.8. The van der Waals surface area contributed by atoms with Gasteiger partial charge >= 0.3 is 11.9 Å². The zero-order valence-electron chi connectivity index (χ0n) is 20.7. The second-order valence-corrected chi connectivity index (χ2v) is 10.9. The molecule has 10 nitrogen and oxygen atoms in total. The maximum absolute atomic E-state index is 12.3. The number of carbonyl (C=O) groups excluding carboxylic acids is 4. The first-order valence-electron chi connectivity index (χ1n) is 10.6. The van der Waals surface area contributed by atoms with E-state index in [1.807, 2.05) is 27.7 Å². The molecule has 0 bridgehead atoms. The summed E-state index contributed by atoms with van der Waals surface area (Å²) in [6.45, 7) is 7.97. The van der Waals surface area contributed by atoms with Gasteiger partial charge in [-0.15, -0.1) is 0 Å². The summed E-state index contributed by atoms with van der Waals surface area (Å²) in [7, 11) is 5.07. The third-order valence-corrected chi connectivity index (χ3v) is 6.83. The average Bonchev–Trinajstić information content (AvgIpc) is 2.72. The first kappa shape index (κ1) is 37.6. The van der Waals surface area contributed by atoms with Crippen LogP contribution in [0.15, 0.2) is 0 Å². The van der Waals surface area contributed by atoms with Gasteiger partial charge in [0.2, 0.25) is 0 Å². The molecule has 0 aromatic rings. The number of amides is 2. The fourth-order valence-electron chi connectivity index (χ4n) is 2.79. The third kappa shape index (κ3) is 15.9. The molecule has 8 N–H and O–H groups in total. The average molecular weight is 568 g/mol. The van der Waals surface area contributed by atoms with Crippen molar-refractivity contribution < 1.29 is 64.9 Å². The van der Waals surface area contributed by atoms with Crippen molar-refractivity contribution in [3.63, 3.8) is 0 Å². The summed E-state index contributed by atoms with van der Waals surface area (Å²) in [6.07, 6.45) is 1.21. The van der Waals surface area contributed by atoms with Crippen LogP contribution in [0, 0.1) is 11.8 Å². The van der Waals surface area contributed by atoms with Gasteiger partial charge in [0.25, 0.3) is 11.8 Å². The van der Waals surface area contributed by atoms with Gasteiger partial charge in [-0.25, -0.2) is 9.59 Å². The lowest BCUT2D eigenvalue weighted by Gasteiger charge is -2.20. The van der Waals surface area contributed by atoms with Crippen LogP contribution in [0.25, 0.3) is 0 Å². The normalized spacial score (nSPS) is 14.1. The summed E-state index contributed by atoms with van der Waals surface area (Å²) >= 11 is 0. The van der Waals surface area contributed by atoms with Crippen molar-refractivity contribution in [2.24, 2.45) is 11.8 Å². The predicted molar refractivity (Wildman–Crippen MR) is 125 cm³/mol. The number of rotatable bonds is 15. The minimum atomic E-state index is -0.845. The summed E-state index contributed by atoms with van der Waals surface area (Å²) in [5, 5.41) is 5.36. The van der Waals surface area contributed by atoms with Crippen LogP contribution >= 0.6 is 21.6 Å². The van der Waals surface area contributed by atoms with Gasteiger partial charge in [-0.05, 0) is 11.8 Å². The molecule has 0 aromatic carbocycles. The molecule has 0 saturated carbocycles.